The molecule has 3 aromatic rings. The summed E-state index contributed by atoms with van der Waals surface area (Å²) in [5.74, 6) is 7.17. The molecule has 0 bridgehead atoms. The average Bonchev–Trinajstić information content (AvgIpc) is 2.96. The fourth-order valence-electron chi connectivity index (χ4n) is 3.40. The summed E-state index contributed by atoms with van der Waals surface area (Å²) in [5, 5.41) is 0.909. The second-order valence-electron chi connectivity index (χ2n) is 6.19. The zero-order valence-corrected chi connectivity index (χ0v) is 13.8. The van der Waals surface area contributed by atoms with Gasteiger partial charge in [0.15, 0.2) is 0 Å². The lowest BCUT2D eigenvalue weighted by atomic mass is 10.0. The van der Waals surface area contributed by atoms with Crippen molar-refractivity contribution in [2.75, 3.05) is 5.73 Å². The van der Waals surface area contributed by atoms with E-state index in [9.17, 15) is 0 Å². The highest BCUT2D eigenvalue weighted by Gasteiger charge is 2.21. The third-order valence-corrected chi connectivity index (χ3v) is 4.72. The maximum absolute atomic E-state index is 6.14. The number of benzene rings is 1. The first-order valence-corrected chi connectivity index (χ1v) is 8.50. The zero-order chi connectivity index (χ0) is 16.5. The van der Waals surface area contributed by atoms with Crippen molar-refractivity contribution in [3.63, 3.8) is 0 Å². The molecule has 1 aromatic carbocycles. The summed E-state index contributed by atoms with van der Waals surface area (Å²) in [5.41, 5.74) is 11.7. The van der Waals surface area contributed by atoms with E-state index in [1.54, 1.807) is 6.33 Å². The van der Waals surface area contributed by atoms with Crippen molar-refractivity contribution in [1.82, 2.24) is 14.5 Å². The molecule has 0 fully saturated rings. The van der Waals surface area contributed by atoms with E-state index in [-0.39, 0.29) is 0 Å². The highest BCUT2D eigenvalue weighted by Crippen LogP contribution is 2.31. The maximum atomic E-state index is 6.14. The summed E-state index contributed by atoms with van der Waals surface area (Å²) < 4.78 is 2.26. The summed E-state index contributed by atoms with van der Waals surface area (Å²) in [4.78, 5) is 8.63. The Morgan fingerprint density at radius 1 is 1.12 bits per heavy atom. The van der Waals surface area contributed by atoms with Gasteiger partial charge in [-0.25, -0.2) is 9.97 Å². The van der Waals surface area contributed by atoms with Crippen molar-refractivity contribution in [1.29, 1.82) is 0 Å². The number of nitrogens with two attached hydrogens (primary N) is 1. The molecular formula is C20H20N4. The molecule has 4 heteroatoms. The first-order valence-electron chi connectivity index (χ1n) is 8.50. The molecule has 0 unspecified atom stereocenters. The van der Waals surface area contributed by atoms with E-state index in [0.717, 1.165) is 41.5 Å². The standard InChI is InChI=1S/C20H20N4/c1-2-14-6-8-15(9-7-14)10-11-16-17-5-3-4-12-24(17)20-18(16)19(21)22-13-23-20/h6-9,13H,2-5,12H2,1H3,(H2,21,22,23). The highest BCUT2D eigenvalue weighted by molar-refractivity contribution is 5.94. The zero-order valence-electron chi connectivity index (χ0n) is 13.8. The molecule has 0 saturated heterocycles. The van der Waals surface area contributed by atoms with E-state index in [1.165, 1.54) is 24.1 Å². The molecule has 2 aromatic heterocycles. The highest BCUT2D eigenvalue weighted by atomic mass is 15.1. The minimum absolute atomic E-state index is 0.521. The van der Waals surface area contributed by atoms with Crippen molar-refractivity contribution in [2.45, 2.75) is 39.2 Å². The normalized spacial score (nSPS) is 13.4. The quantitative estimate of drug-likeness (QED) is 0.701. The van der Waals surface area contributed by atoms with Gasteiger partial charge in [-0.2, -0.15) is 0 Å². The Morgan fingerprint density at radius 3 is 2.75 bits per heavy atom. The Kier molecular flexibility index (Phi) is 3.70. The Bertz CT molecular complexity index is 955. The Hall–Kier alpha value is -2.80. The second-order valence-corrected chi connectivity index (χ2v) is 6.19. The largest absolute Gasteiger partial charge is 0.383 e. The van der Waals surface area contributed by atoms with Gasteiger partial charge in [0, 0.05) is 17.8 Å². The van der Waals surface area contributed by atoms with Crippen LogP contribution >= 0.6 is 0 Å². The lowest BCUT2D eigenvalue weighted by Gasteiger charge is -2.15. The number of aromatic nitrogens is 3. The third-order valence-electron chi connectivity index (χ3n) is 4.72. The van der Waals surface area contributed by atoms with Gasteiger partial charge in [0.25, 0.3) is 0 Å². The Morgan fingerprint density at radius 2 is 1.96 bits per heavy atom. The predicted molar refractivity (Wildman–Crippen MR) is 96.7 cm³/mol. The van der Waals surface area contributed by atoms with Crippen LogP contribution in [-0.2, 0) is 19.4 Å². The molecule has 2 N–H and O–H groups in total. The number of nitrogens with zero attached hydrogens (tertiary/aromatic N) is 3. The van der Waals surface area contributed by atoms with Gasteiger partial charge in [0.05, 0.1) is 10.9 Å². The molecule has 0 spiro atoms. The van der Waals surface area contributed by atoms with Crippen LogP contribution in [0.4, 0.5) is 5.82 Å². The summed E-state index contributed by atoms with van der Waals surface area (Å²) in [7, 11) is 0. The molecule has 0 atom stereocenters. The number of nitrogen functional groups attached to an aromatic ring is 1. The number of rotatable bonds is 1. The first-order chi connectivity index (χ1) is 11.8. The summed E-state index contributed by atoms with van der Waals surface area (Å²) in [6.45, 7) is 3.14. The second kappa shape index (κ2) is 6.01. The van der Waals surface area contributed by atoms with Gasteiger partial charge in [0.2, 0.25) is 0 Å². The van der Waals surface area contributed by atoms with Gasteiger partial charge in [-0.1, -0.05) is 30.9 Å². The van der Waals surface area contributed by atoms with E-state index in [4.69, 9.17) is 5.73 Å². The minimum Gasteiger partial charge on any atom is -0.383 e. The molecule has 1 aliphatic rings. The van der Waals surface area contributed by atoms with Crippen molar-refractivity contribution in [3.8, 4) is 11.8 Å². The van der Waals surface area contributed by atoms with Crippen molar-refractivity contribution in [3.05, 3.63) is 53.0 Å². The summed E-state index contributed by atoms with van der Waals surface area (Å²) in [6.07, 6.45) is 5.96. The van der Waals surface area contributed by atoms with Gasteiger partial charge in [0.1, 0.15) is 17.8 Å². The van der Waals surface area contributed by atoms with Crippen LogP contribution in [0.2, 0.25) is 0 Å². The van der Waals surface area contributed by atoms with E-state index in [0.29, 0.717) is 5.82 Å². The van der Waals surface area contributed by atoms with E-state index < -0.39 is 0 Å². The SMILES string of the molecule is CCc1ccc(C#Cc2c3n(c4ncnc(N)c24)CCCC3)cc1. The van der Waals surface area contributed by atoms with Crippen molar-refractivity contribution >= 4 is 16.9 Å². The third kappa shape index (κ3) is 2.43. The molecule has 3 heterocycles. The molecule has 4 nitrogen and oxygen atoms in total. The van der Waals surface area contributed by atoms with Gasteiger partial charge in [-0.15, -0.1) is 0 Å². The Balaban J connectivity index is 1.86. The summed E-state index contributed by atoms with van der Waals surface area (Å²) in [6, 6.07) is 8.43. The number of fused-ring (bicyclic) bond motifs is 3. The maximum Gasteiger partial charge on any atom is 0.146 e. The van der Waals surface area contributed by atoms with Crippen molar-refractivity contribution in [2.24, 2.45) is 0 Å². The lowest BCUT2D eigenvalue weighted by Crippen LogP contribution is -2.10. The van der Waals surface area contributed by atoms with Crippen LogP contribution in [0.3, 0.4) is 0 Å². The van der Waals surface area contributed by atoms with E-state index in [2.05, 4.69) is 57.6 Å². The van der Waals surface area contributed by atoms with Crippen LogP contribution in [0.1, 0.15) is 42.1 Å². The van der Waals surface area contributed by atoms with Gasteiger partial charge in [-0.3, -0.25) is 0 Å². The number of hydrogen-bond donors (Lipinski definition) is 1. The molecule has 120 valence electrons. The van der Waals surface area contributed by atoms with Crippen molar-refractivity contribution < 1.29 is 0 Å². The predicted octanol–water partition coefficient (Wildman–Crippen LogP) is 3.31. The monoisotopic (exact) mass is 316 g/mol. The smallest absolute Gasteiger partial charge is 0.146 e. The van der Waals surface area contributed by atoms with Crippen LogP contribution in [0, 0.1) is 11.8 Å². The molecule has 0 aliphatic carbocycles. The van der Waals surface area contributed by atoms with Crippen LogP contribution in [-0.4, -0.2) is 14.5 Å². The van der Waals surface area contributed by atoms with E-state index in [1.807, 2.05) is 0 Å². The van der Waals surface area contributed by atoms with Gasteiger partial charge >= 0.3 is 0 Å². The molecule has 0 amide bonds. The lowest BCUT2D eigenvalue weighted by molar-refractivity contribution is 0.541. The van der Waals surface area contributed by atoms with Gasteiger partial charge in [-0.05, 0) is 43.4 Å². The molecular weight excluding hydrogens is 296 g/mol. The van der Waals surface area contributed by atoms with Gasteiger partial charge < -0.3 is 10.3 Å². The summed E-state index contributed by atoms with van der Waals surface area (Å²) >= 11 is 0. The minimum atomic E-state index is 0.521. The fourth-order valence-corrected chi connectivity index (χ4v) is 3.40. The Labute approximate surface area is 141 Å². The van der Waals surface area contributed by atoms with Crippen LogP contribution in [0.5, 0.6) is 0 Å². The molecule has 0 radical (unpaired) electrons. The van der Waals surface area contributed by atoms with E-state index >= 15 is 0 Å². The topological polar surface area (TPSA) is 56.7 Å². The molecule has 4 rings (SSSR count). The molecule has 24 heavy (non-hydrogen) atoms. The molecule has 1 aliphatic heterocycles. The fraction of sp³-hybridized carbons (Fsp3) is 0.300. The van der Waals surface area contributed by atoms with Crippen LogP contribution in [0.15, 0.2) is 30.6 Å². The number of aryl methyl sites for hydroxylation is 2. The number of hydrogen-bond acceptors (Lipinski definition) is 3. The number of anilines is 1. The van der Waals surface area contributed by atoms with Crippen LogP contribution < -0.4 is 5.73 Å². The van der Waals surface area contributed by atoms with Crippen LogP contribution in [0.25, 0.3) is 11.0 Å². The first kappa shape index (κ1) is 14.8. The average molecular weight is 316 g/mol. The molecule has 0 saturated carbocycles.